The molecule has 8 heteroatoms. The predicted octanol–water partition coefficient (Wildman–Crippen LogP) is 2.47. The monoisotopic (exact) mass is 399 g/mol. The average molecular weight is 399 g/mol. The molecule has 3 rings (SSSR count). The van der Waals surface area contributed by atoms with Gasteiger partial charge in [0.05, 0.1) is 12.0 Å². The molecule has 29 heavy (non-hydrogen) atoms. The molecule has 0 radical (unpaired) electrons. The minimum Gasteiger partial charge on any atom is -0.503 e. The Kier molecular flexibility index (Phi) is 7.36. The number of ether oxygens (including phenoxy) is 1. The van der Waals surface area contributed by atoms with Crippen molar-refractivity contribution >= 4 is 5.97 Å². The lowest BCUT2D eigenvalue weighted by Gasteiger charge is -2.07. The first-order chi connectivity index (χ1) is 13.8. The maximum absolute atomic E-state index is 11.5. The van der Waals surface area contributed by atoms with E-state index in [2.05, 4.69) is 0 Å². The van der Waals surface area contributed by atoms with E-state index >= 15 is 0 Å². The van der Waals surface area contributed by atoms with E-state index < -0.39 is 17.1 Å². The number of carbonyl (C=O) groups is 1. The summed E-state index contributed by atoms with van der Waals surface area (Å²) in [5.41, 5.74) is 0.624. The van der Waals surface area contributed by atoms with E-state index in [0.717, 1.165) is 11.6 Å². The summed E-state index contributed by atoms with van der Waals surface area (Å²) in [5.74, 6) is -0.635. The number of aromatic nitrogens is 1. The van der Waals surface area contributed by atoms with E-state index in [1.807, 2.05) is 30.3 Å². The van der Waals surface area contributed by atoms with E-state index in [-0.39, 0.29) is 23.4 Å². The highest BCUT2D eigenvalue weighted by Crippen LogP contribution is 2.13. The van der Waals surface area contributed by atoms with Crippen molar-refractivity contribution in [1.82, 2.24) is 4.57 Å². The summed E-state index contributed by atoms with van der Waals surface area (Å²) in [4.78, 5) is 32.7. The van der Waals surface area contributed by atoms with Gasteiger partial charge in [0.2, 0.25) is 16.6 Å². The maximum Gasteiger partial charge on any atom is 0.323 e. The Bertz CT molecular complexity index is 1080. The number of pyridine rings is 1. The van der Waals surface area contributed by atoms with Gasteiger partial charge < -0.3 is 23.9 Å². The molecule has 0 amide bonds. The number of aromatic hydroxyl groups is 1. The van der Waals surface area contributed by atoms with Crippen LogP contribution in [0.1, 0.15) is 17.0 Å². The fourth-order valence-electron chi connectivity index (χ4n) is 2.38. The molecule has 0 aliphatic heterocycles. The Balaban J connectivity index is 0.000000212. The minimum absolute atomic E-state index is 0.153. The summed E-state index contributed by atoms with van der Waals surface area (Å²) in [6.07, 6.45) is 2.71. The van der Waals surface area contributed by atoms with Gasteiger partial charge in [-0.2, -0.15) is 0 Å². The molecule has 0 saturated carbocycles. The zero-order chi connectivity index (χ0) is 21.4. The Morgan fingerprint density at radius 3 is 2.38 bits per heavy atom. The van der Waals surface area contributed by atoms with E-state index in [9.17, 15) is 19.5 Å². The van der Waals surface area contributed by atoms with Gasteiger partial charge in [-0.15, -0.1) is 0 Å². The summed E-state index contributed by atoms with van der Waals surface area (Å²) in [6.45, 7) is 3.30. The number of aliphatic carboxylic acids is 1. The van der Waals surface area contributed by atoms with Gasteiger partial charge in [-0.25, -0.2) is 0 Å². The van der Waals surface area contributed by atoms with E-state index in [1.54, 1.807) is 6.92 Å². The Morgan fingerprint density at radius 2 is 1.76 bits per heavy atom. The predicted molar refractivity (Wildman–Crippen MR) is 105 cm³/mol. The molecule has 1 aromatic carbocycles. The zero-order valence-electron chi connectivity index (χ0n) is 16.0. The third kappa shape index (κ3) is 6.10. The molecule has 0 bridgehead atoms. The zero-order valence-corrected chi connectivity index (χ0v) is 16.0. The van der Waals surface area contributed by atoms with Crippen LogP contribution in [0.2, 0.25) is 0 Å². The molecule has 0 unspecified atom stereocenters. The number of nitrogens with zero attached hydrogens (tertiary/aromatic N) is 1. The van der Waals surface area contributed by atoms with Crippen LogP contribution in [0.3, 0.4) is 0 Å². The van der Waals surface area contributed by atoms with Crippen LogP contribution in [0.25, 0.3) is 0 Å². The van der Waals surface area contributed by atoms with Crippen LogP contribution < -0.4 is 15.6 Å². The first-order valence-electron chi connectivity index (χ1n) is 8.65. The van der Waals surface area contributed by atoms with Gasteiger partial charge in [0.1, 0.15) is 18.9 Å². The summed E-state index contributed by atoms with van der Waals surface area (Å²) < 4.78 is 11.8. The number of aryl methyl sites for hydroxylation is 1. The van der Waals surface area contributed by atoms with Crippen molar-refractivity contribution in [2.24, 2.45) is 0 Å². The van der Waals surface area contributed by atoms with Crippen LogP contribution in [0.15, 0.2) is 68.9 Å². The van der Waals surface area contributed by atoms with Gasteiger partial charge in [-0.3, -0.25) is 14.4 Å². The number of carboxylic acids is 1. The lowest BCUT2D eigenvalue weighted by atomic mass is 10.2. The SMILES string of the molecule is Cc1c(O)c(=O)ccn1CC(=O)O.Cc1occc(=O)c1OCc1ccccc1. The molecule has 0 atom stereocenters. The second kappa shape index (κ2) is 9.93. The average Bonchev–Trinajstić information content (AvgIpc) is 2.69. The topological polar surface area (TPSA) is 119 Å². The summed E-state index contributed by atoms with van der Waals surface area (Å²) >= 11 is 0. The first kappa shape index (κ1) is 21.5. The van der Waals surface area contributed by atoms with Gasteiger partial charge in [0.15, 0.2) is 5.75 Å². The molecule has 8 nitrogen and oxygen atoms in total. The number of hydrogen-bond acceptors (Lipinski definition) is 6. The van der Waals surface area contributed by atoms with Crippen molar-refractivity contribution in [1.29, 1.82) is 0 Å². The Labute approximate surface area is 166 Å². The van der Waals surface area contributed by atoms with Gasteiger partial charge in [-0.1, -0.05) is 30.3 Å². The molecular formula is C21H21NO7. The van der Waals surface area contributed by atoms with Crippen LogP contribution in [0, 0.1) is 13.8 Å². The van der Waals surface area contributed by atoms with Gasteiger partial charge >= 0.3 is 5.97 Å². The van der Waals surface area contributed by atoms with Crippen molar-refractivity contribution in [2.45, 2.75) is 27.0 Å². The fourth-order valence-corrected chi connectivity index (χ4v) is 2.38. The quantitative estimate of drug-likeness (QED) is 0.676. The number of benzene rings is 1. The van der Waals surface area contributed by atoms with E-state index in [4.69, 9.17) is 14.3 Å². The van der Waals surface area contributed by atoms with Gasteiger partial charge in [0, 0.05) is 18.3 Å². The highest BCUT2D eigenvalue weighted by Gasteiger charge is 2.07. The molecule has 0 fully saturated rings. The van der Waals surface area contributed by atoms with E-state index in [0.29, 0.717) is 12.4 Å². The molecule has 3 aromatic rings. The Morgan fingerprint density at radius 1 is 1.07 bits per heavy atom. The molecular weight excluding hydrogens is 378 g/mol. The highest BCUT2D eigenvalue weighted by molar-refractivity contribution is 5.66. The second-order valence-electron chi connectivity index (χ2n) is 6.08. The largest absolute Gasteiger partial charge is 0.503 e. The van der Waals surface area contributed by atoms with Crippen LogP contribution in [-0.2, 0) is 17.9 Å². The molecule has 0 spiro atoms. The fraction of sp³-hybridized carbons (Fsp3) is 0.190. The van der Waals surface area contributed by atoms with Crippen LogP contribution in [-0.4, -0.2) is 20.7 Å². The summed E-state index contributed by atoms with van der Waals surface area (Å²) in [5, 5.41) is 17.6. The standard InChI is InChI=1S/C13H12O3.C8H9NO4/c1-10-13(12(14)7-8-15-10)16-9-11-5-3-2-4-6-11;1-5-8(13)6(10)2-3-9(5)4-7(11)12/h2-8H,9H2,1H3;2-3,13H,4H2,1H3,(H,11,12). The summed E-state index contributed by atoms with van der Waals surface area (Å²) in [7, 11) is 0. The molecule has 2 heterocycles. The van der Waals surface area contributed by atoms with Crippen LogP contribution in [0.4, 0.5) is 0 Å². The second-order valence-corrected chi connectivity index (χ2v) is 6.08. The molecule has 2 aromatic heterocycles. The first-order valence-corrected chi connectivity index (χ1v) is 8.65. The molecule has 2 N–H and O–H groups in total. The molecule has 0 saturated heterocycles. The van der Waals surface area contributed by atoms with Gasteiger partial charge in [-0.05, 0) is 19.4 Å². The smallest absolute Gasteiger partial charge is 0.323 e. The normalized spacial score (nSPS) is 10.0. The lowest BCUT2D eigenvalue weighted by molar-refractivity contribution is -0.137. The van der Waals surface area contributed by atoms with Crippen LogP contribution >= 0.6 is 0 Å². The van der Waals surface area contributed by atoms with Crippen molar-refractivity contribution in [3.8, 4) is 11.5 Å². The maximum atomic E-state index is 11.5. The number of carboxylic acid groups (broad SMARTS) is 1. The molecule has 152 valence electrons. The van der Waals surface area contributed by atoms with Crippen molar-refractivity contribution in [3.63, 3.8) is 0 Å². The summed E-state index contributed by atoms with van der Waals surface area (Å²) in [6, 6.07) is 12.2. The van der Waals surface area contributed by atoms with E-state index in [1.165, 1.54) is 30.0 Å². The third-order valence-corrected chi connectivity index (χ3v) is 3.95. The number of rotatable bonds is 5. The van der Waals surface area contributed by atoms with Crippen molar-refractivity contribution < 1.29 is 24.2 Å². The van der Waals surface area contributed by atoms with Gasteiger partial charge in [0.25, 0.3) is 0 Å². The van der Waals surface area contributed by atoms with Crippen molar-refractivity contribution in [2.75, 3.05) is 0 Å². The third-order valence-electron chi connectivity index (χ3n) is 3.95. The Hall–Kier alpha value is -3.81. The van der Waals surface area contributed by atoms with Crippen LogP contribution in [0.5, 0.6) is 11.5 Å². The number of hydrogen-bond donors (Lipinski definition) is 2. The lowest BCUT2D eigenvalue weighted by Crippen LogP contribution is -2.14. The molecule has 0 aliphatic rings. The molecule has 0 aliphatic carbocycles. The minimum atomic E-state index is -1.02. The van der Waals surface area contributed by atoms with Crippen molar-refractivity contribution in [3.05, 3.63) is 92.4 Å². The highest BCUT2D eigenvalue weighted by atomic mass is 16.5.